The summed E-state index contributed by atoms with van der Waals surface area (Å²) >= 11 is 0. The van der Waals surface area contributed by atoms with Crippen LogP contribution in [-0.2, 0) is 28.2 Å². The van der Waals surface area contributed by atoms with Gasteiger partial charge in [0, 0.05) is 13.1 Å². The summed E-state index contributed by atoms with van der Waals surface area (Å²) in [6.07, 6.45) is 0.808. The number of hydrazone groups is 1. The maximum Gasteiger partial charge on any atom is 0.325 e. The SMILES string of the molecule is NC(=O)[C@@H](CCCNC(N)=N[N+](=O)[O-])NCc1cccc(CN2C(=O)NC(c3ccccc3)(c3ccccc3)C2=O)c1. The summed E-state index contributed by atoms with van der Waals surface area (Å²) in [5.74, 6) is -1.24. The number of carbonyl (C=O) groups excluding carboxylic acids is 3. The molecule has 4 rings (SSSR count). The molecule has 42 heavy (non-hydrogen) atoms. The lowest BCUT2D eigenvalue weighted by atomic mass is 9.82. The lowest BCUT2D eigenvalue weighted by molar-refractivity contribution is -0.485. The second-order valence-corrected chi connectivity index (χ2v) is 9.75. The normalized spacial score (nSPS) is 15.2. The van der Waals surface area contributed by atoms with E-state index in [1.807, 2.05) is 84.9 Å². The fourth-order valence-electron chi connectivity index (χ4n) is 4.91. The van der Waals surface area contributed by atoms with Gasteiger partial charge in [-0.1, -0.05) is 84.9 Å². The number of hydrogen-bond acceptors (Lipinski definition) is 6. The Kier molecular flexibility index (Phi) is 9.45. The molecule has 13 nitrogen and oxygen atoms in total. The van der Waals surface area contributed by atoms with Gasteiger partial charge in [-0.05, 0) is 35.1 Å². The van der Waals surface area contributed by atoms with Crippen molar-refractivity contribution < 1.29 is 19.4 Å². The first-order valence-electron chi connectivity index (χ1n) is 13.3. The number of nitrogens with one attached hydrogen (secondary N) is 3. The first-order valence-corrected chi connectivity index (χ1v) is 13.3. The summed E-state index contributed by atoms with van der Waals surface area (Å²) in [4.78, 5) is 50.7. The van der Waals surface area contributed by atoms with Crippen LogP contribution >= 0.6 is 0 Å². The third-order valence-corrected chi connectivity index (χ3v) is 6.91. The van der Waals surface area contributed by atoms with Gasteiger partial charge in [0.25, 0.3) is 11.9 Å². The van der Waals surface area contributed by atoms with Crippen molar-refractivity contribution in [3.05, 3.63) is 117 Å². The molecule has 1 aliphatic heterocycles. The van der Waals surface area contributed by atoms with Crippen LogP contribution in [0.4, 0.5) is 4.79 Å². The molecule has 218 valence electrons. The van der Waals surface area contributed by atoms with Crippen LogP contribution < -0.4 is 27.4 Å². The van der Waals surface area contributed by atoms with E-state index in [1.54, 1.807) is 0 Å². The van der Waals surface area contributed by atoms with Crippen molar-refractivity contribution in [2.45, 2.75) is 37.5 Å². The van der Waals surface area contributed by atoms with Gasteiger partial charge in [-0.25, -0.2) is 14.9 Å². The topological polar surface area (TPSA) is 198 Å². The number of rotatable bonds is 13. The van der Waals surface area contributed by atoms with Gasteiger partial charge in [-0.3, -0.25) is 14.5 Å². The molecule has 4 amide bonds. The van der Waals surface area contributed by atoms with E-state index in [4.69, 9.17) is 11.5 Å². The zero-order valence-corrected chi connectivity index (χ0v) is 22.7. The predicted molar refractivity (Wildman–Crippen MR) is 155 cm³/mol. The van der Waals surface area contributed by atoms with E-state index in [0.717, 1.165) is 11.1 Å². The van der Waals surface area contributed by atoms with Gasteiger partial charge >= 0.3 is 6.03 Å². The molecule has 1 aliphatic rings. The van der Waals surface area contributed by atoms with Crippen molar-refractivity contribution >= 4 is 23.8 Å². The molecule has 0 aliphatic carbocycles. The van der Waals surface area contributed by atoms with Gasteiger partial charge in [0.05, 0.1) is 12.6 Å². The number of guanidine groups is 1. The minimum Gasteiger partial charge on any atom is -0.368 e. The van der Waals surface area contributed by atoms with Gasteiger partial charge in [0.1, 0.15) is 5.10 Å². The van der Waals surface area contributed by atoms with Crippen LogP contribution in [0.1, 0.15) is 35.1 Å². The summed E-state index contributed by atoms with van der Waals surface area (Å²) in [6.45, 7) is 0.624. The highest BCUT2D eigenvalue weighted by Gasteiger charge is 2.53. The molecule has 1 fully saturated rings. The largest absolute Gasteiger partial charge is 0.368 e. The van der Waals surface area contributed by atoms with Gasteiger partial charge < -0.3 is 27.4 Å². The molecule has 0 unspecified atom stereocenters. The molecule has 0 spiro atoms. The van der Waals surface area contributed by atoms with E-state index in [2.05, 4.69) is 21.1 Å². The number of nitrogens with two attached hydrogens (primary N) is 2. The average Bonchev–Trinajstić information content (AvgIpc) is 3.23. The molecule has 3 aromatic rings. The van der Waals surface area contributed by atoms with E-state index in [0.29, 0.717) is 30.5 Å². The van der Waals surface area contributed by atoms with Crippen LogP contribution in [0.2, 0.25) is 0 Å². The van der Waals surface area contributed by atoms with Crippen molar-refractivity contribution in [1.29, 1.82) is 0 Å². The second-order valence-electron chi connectivity index (χ2n) is 9.75. The van der Waals surface area contributed by atoms with Crippen LogP contribution in [-0.4, -0.2) is 46.3 Å². The lowest BCUT2D eigenvalue weighted by Gasteiger charge is -2.28. The number of urea groups is 1. The van der Waals surface area contributed by atoms with Crippen molar-refractivity contribution in [1.82, 2.24) is 20.9 Å². The van der Waals surface area contributed by atoms with E-state index in [-0.39, 0.29) is 25.0 Å². The maximum atomic E-state index is 14.0. The zero-order chi connectivity index (χ0) is 30.1. The number of carbonyl (C=O) groups is 3. The van der Waals surface area contributed by atoms with Crippen molar-refractivity contribution in [3.63, 3.8) is 0 Å². The molecule has 3 aromatic carbocycles. The Labute approximate surface area is 242 Å². The van der Waals surface area contributed by atoms with Crippen LogP contribution in [0.25, 0.3) is 0 Å². The predicted octanol–water partition coefficient (Wildman–Crippen LogP) is 1.50. The Balaban J connectivity index is 1.43. The standard InChI is InChI=1S/C29H32N8O5/c30-25(38)24(15-8-16-32-27(31)35-37(41)42)33-18-20-9-7-10-21(17-20)19-36-26(39)29(34-28(36)40,22-11-3-1-4-12-22)23-13-5-2-6-14-23/h1-7,9-14,17,24,33H,8,15-16,18-19H2,(H2,30,38)(H,34,40)(H3,31,32,35)/t24-/m1/s1. The molecule has 0 bridgehead atoms. The molecule has 0 radical (unpaired) electrons. The van der Waals surface area contributed by atoms with Crippen molar-refractivity contribution in [2.24, 2.45) is 16.6 Å². The second kappa shape index (κ2) is 13.4. The van der Waals surface area contributed by atoms with Gasteiger partial charge in [-0.2, -0.15) is 0 Å². The number of primary amides is 1. The Bertz CT molecular complexity index is 1430. The molecular weight excluding hydrogens is 540 g/mol. The van der Waals surface area contributed by atoms with Crippen LogP contribution in [0.15, 0.2) is 90.0 Å². The molecular formula is C29H32N8O5. The quantitative estimate of drug-likeness (QED) is 0.0507. The van der Waals surface area contributed by atoms with E-state index >= 15 is 0 Å². The fraction of sp³-hybridized carbons (Fsp3) is 0.241. The molecule has 1 atom stereocenters. The minimum atomic E-state index is -1.35. The fourth-order valence-corrected chi connectivity index (χ4v) is 4.91. The summed E-state index contributed by atoms with van der Waals surface area (Å²) in [7, 11) is 0. The smallest absolute Gasteiger partial charge is 0.325 e. The third kappa shape index (κ3) is 6.88. The lowest BCUT2D eigenvalue weighted by Crippen LogP contribution is -2.45. The number of imide groups is 1. The summed E-state index contributed by atoms with van der Waals surface area (Å²) in [5, 5.41) is 21.1. The highest BCUT2D eigenvalue weighted by molar-refractivity contribution is 6.09. The number of amides is 4. The number of benzene rings is 3. The molecule has 0 saturated carbocycles. The van der Waals surface area contributed by atoms with E-state index in [9.17, 15) is 24.5 Å². The average molecular weight is 573 g/mol. The summed E-state index contributed by atoms with van der Waals surface area (Å²) in [6, 6.07) is 24.5. The number of hydrogen-bond donors (Lipinski definition) is 5. The molecule has 0 aromatic heterocycles. The maximum absolute atomic E-state index is 14.0. The van der Waals surface area contributed by atoms with Gasteiger partial charge in [0.15, 0.2) is 10.6 Å². The van der Waals surface area contributed by atoms with Gasteiger partial charge in [0.2, 0.25) is 5.91 Å². The monoisotopic (exact) mass is 572 g/mol. The number of nitrogens with zero attached hydrogens (tertiary/aromatic N) is 3. The van der Waals surface area contributed by atoms with Crippen LogP contribution in [0, 0.1) is 10.1 Å². The van der Waals surface area contributed by atoms with Crippen molar-refractivity contribution in [3.8, 4) is 0 Å². The Morgan fingerprint density at radius 1 is 0.976 bits per heavy atom. The highest BCUT2D eigenvalue weighted by atomic mass is 16.7. The Morgan fingerprint density at radius 3 is 2.19 bits per heavy atom. The zero-order valence-electron chi connectivity index (χ0n) is 22.7. The first kappa shape index (κ1) is 29.7. The molecule has 7 N–H and O–H groups in total. The van der Waals surface area contributed by atoms with Gasteiger partial charge in [-0.15, -0.1) is 0 Å². The summed E-state index contributed by atoms with van der Waals surface area (Å²) < 4.78 is 0. The Morgan fingerprint density at radius 2 is 1.60 bits per heavy atom. The summed E-state index contributed by atoms with van der Waals surface area (Å²) in [5.41, 5.74) is 12.5. The van der Waals surface area contributed by atoms with E-state index < -0.39 is 28.6 Å². The third-order valence-electron chi connectivity index (χ3n) is 6.91. The van der Waals surface area contributed by atoms with Crippen molar-refractivity contribution in [2.75, 3.05) is 6.54 Å². The Hall–Kier alpha value is -5.30. The molecule has 1 heterocycles. The minimum absolute atomic E-state index is 0.0535. The van der Waals surface area contributed by atoms with Crippen LogP contribution in [0.5, 0.6) is 0 Å². The first-order chi connectivity index (χ1) is 20.2. The molecule has 13 heteroatoms. The number of nitro groups is 1. The molecule has 1 saturated heterocycles. The van der Waals surface area contributed by atoms with E-state index in [1.165, 1.54) is 4.90 Å². The highest BCUT2D eigenvalue weighted by Crippen LogP contribution is 2.36. The van der Waals surface area contributed by atoms with Crippen LogP contribution in [0.3, 0.4) is 0 Å².